The first-order valence-corrected chi connectivity index (χ1v) is 11.8. The van der Waals surface area contributed by atoms with Crippen molar-refractivity contribution >= 4 is 17.7 Å². The third-order valence-corrected chi connectivity index (χ3v) is 6.39. The highest BCUT2D eigenvalue weighted by atomic mass is 16.5. The molecule has 2 aliphatic rings. The molecule has 2 heterocycles. The number of unbranched alkanes of at least 4 members (excludes halogenated alkanes) is 1. The highest BCUT2D eigenvalue weighted by Gasteiger charge is 2.28. The molecule has 0 spiro atoms. The first-order chi connectivity index (χ1) is 15.7. The predicted octanol–water partition coefficient (Wildman–Crippen LogP) is 5.78. The topological polar surface area (TPSA) is 59.0 Å². The summed E-state index contributed by atoms with van der Waals surface area (Å²) in [6.45, 7) is 5.12. The summed E-state index contributed by atoms with van der Waals surface area (Å²) in [5.74, 6) is 0.0139. The standard InChI is InChI=1S/C27H33NO4/c1-2-3-15-31-16-17-32-25-11-7-20(8-12-25)21-9-13-26-23(18-21)19-22(27(29)30)6-10-24-5-4-14-28(24)26/h7-9,11-13,18-19,24H,2-6,10,14-17H2,1H3,(H,29,30). The Bertz CT molecular complexity index is 951. The van der Waals surface area contributed by atoms with Crippen LogP contribution in [0.2, 0.25) is 0 Å². The van der Waals surface area contributed by atoms with Crippen LogP contribution in [0.25, 0.3) is 17.2 Å². The summed E-state index contributed by atoms with van der Waals surface area (Å²) in [6.07, 6.45) is 7.91. The number of fused-ring (bicyclic) bond motifs is 3. The van der Waals surface area contributed by atoms with Crippen LogP contribution in [0.15, 0.2) is 48.0 Å². The Kier molecular flexibility index (Phi) is 7.48. The number of anilines is 1. The van der Waals surface area contributed by atoms with E-state index in [9.17, 15) is 9.90 Å². The van der Waals surface area contributed by atoms with Gasteiger partial charge in [0.1, 0.15) is 12.4 Å². The van der Waals surface area contributed by atoms with Gasteiger partial charge in [0.05, 0.1) is 6.61 Å². The quantitative estimate of drug-likeness (QED) is 0.506. The van der Waals surface area contributed by atoms with E-state index in [-0.39, 0.29) is 0 Å². The lowest BCUT2D eigenvalue weighted by molar-refractivity contribution is -0.132. The first-order valence-electron chi connectivity index (χ1n) is 11.8. The molecule has 0 amide bonds. The smallest absolute Gasteiger partial charge is 0.331 e. The van der Waals surface area contributed by atoms with Crippen LogP contribution < -0.4 is 9.64 Å². The molecule has 32 heavy (non-hydrogen) atoms. The SMILES string of the molecule is CCCCOCCOc1ccc(-c2ccc3c(c2)C=C(C(=O)O)CCC2CCCN32)cc1. The van der Waals surface area contributed by atoms with Crippen LogP contribution in [0.5, 0.6) is 5.75 Å². The van der Waals surface area contributed by atoms with Crippen LogP contribution in [-0.4, -0.2) is 43.5 Å². The molecule has 0 saturated carbocycles. The summed E-state index contributed by atoms with van der Waals surface area (Å²) in [5, 5.41) is 9.66. The van der Waals surface area contributed by atoms with Crippen LogP contribution in [-0.2, 0) is 9.53 Å². The zero-order valence-corrected chi connectivity index (χ0v) is 18.9. The number of nitrogens with zero attached hydrogens (tertiary/aromatic N) is 1. The second kappa shape index (κ2) is 10.7. The molecule has 1 atom stereocenters. The van der Waals surface area contributed by atoms with Crippen LogP contribution in [0.3, 0.4) is 0 Å². The van der Waals surface area contributed by atoms with Gasteiger partial charge in [0.25, 0.3) is 0 Å². The fourth-order valence-electron chi connectivity index (χ4n) is 4.63. The number of carbonyl (C=O) groups is 1. The van der Waals surface area contributed by atoms with Gasteiger partial charge in [0, 0.05) is 30.5 Å². The normalized spacial score (nSPS) is 17.7. The summed E-state index contributed by atoms with van der Waals surface area (Å²) >= 11 is 0. The van der Waals surface area contributed by atoms with Crippen LogP contribution in [0.4, 0.5) is 5.69 Å². The summed E-state index contributed by atoms with van der Waals surface area (Å²) in [7, 11) is 0. The number of carboxylic acid groups (broad SMARTS) is 1. The third kappa shape index (κ3) is 5.33. The Morgan fingerprint density at radius 2 is 1.88 bits per heavy atom. The molecule has 0 aromatic heterocycles. The summed E-state index contributed by atoms with van der Waals surface area (Å²) in [6, 6.07) is 14.9. The summed E-state index contributed by atoms with van der Waals surface area (Å²) < 4.78 is 11.3. The minimum absolute atomic E-state index is 0.435. The third-order valence-electron chi connectivity index (χ3n) is 6.39. The van der Waals surface area contributed by atoms with E-state index >= 15 is 0 Å². The highest BCUT2D eigenvalue weighted by molar-refractivity contribution is 5.94. The van der Waals surface area contributed by atoms with Crippen LogP contribution in [0, 0.1) is 0 Å². The number of aliphatic carboxylic acids is 1. The van der Waals surface area contributed by atoms with Crippen molar-refractivity contribution < 1.29 is 19.4 Å². The van der Waals surface area contributed by atoms with E-state index < -0.39 is 5.97 Å². The number of ether oxygens (including phenoxy) is 2. The Morgan fingerprint density at radius 1 is 1.06 bits per heavy atom. The average molecular weight is 436 g/mol. The Morgan fingerprint density at radius 3 is 2.66 bits per heavy atom. The summed E-state index contributed by atoms with van der Waals surface area (Å²) in [5.41, 5.74) is 4.81. The Hall–Kier alpha value is -2.79. The highest BCUT2D eigenvalue weighted by Crippen LogP contribution is 2.37. The van der Waals surface area contributed by atoms with Crippen molar-refractivity contribution in [3.8, 4) is 16.9 Å². The zero-order chi connectivity index (χ0) is 22.3. The minimum Gasteiger partial charge on any atom is -0.491 e. The van der Waals surface area contributed by atoms with Gasteiger partial charge in [-0.1, -0.05) is 31.5 Å². The van der Waals surface area contributed by atoms with Gasteiger partial charge in [-0.05, 0) is 79.1 Å². The minimum atomic E-state index is -0.812. The lowest BCUT2D eigenvalue weighted by Gasteiger charge is -2.30. The van der Waals surface area contributed by atoms with Gasteiger partial charge in [0.15, 0.2) is 0 Å². The van der Waals surface area contributed by atoms with Gasteiger partial charge in [-0.2, -0.15) is 0 Å². The lowest BCUT2D eigenvalue weighted by Crippen LogP contribution is -2.31. The zero-order valence-electron chi connectivity index (χ0n) is 18.9. The van der Waals surface area contributed by atoms with Gasteiger partial charge >= 0.3 is 5.97 Å². The maximum absolute atomic E-state index is 11.8. The van der Waals surface area contributed by atoms with E-state index in [2.05, 4.69) is 42.2 Å². The molecule has 4 rings (SSSR count). The first kappa shape index (κ1) is 22.4. The molecule has 0 bridgehead atoms. The van der Waals surface area contributed by atoms with E-state index in [1.54, 1.807) is 0 Å². The molecule has 170 valence electrons. The number of benzene rings is 2. The van der Waals surface area contributed by atoms with E-state index in [4.69, 9.17) is 9.47 Å². The summed E-state index contributed by atoms with van der Waals surface area (Å²) in [4.78, 5) is 14.2. The second-order valence-corrected chi connectivity index (χ2v) is 8.62. The monoisotopic (exact) mass is 435 g/mol. The lowest BCUT2D eigenvalue weighted by atomic mass is 9.95. The number of rotatable bonds is 9. The van der Waals surface area contributed by atoms with Gasteiger partial charge < -0.3 is 19.5 Å². The van der Waals surface area contributed by atoms with E-state index in [0.29, 0.717) is 31.2 Å². The van der Waals surface area contributed by atoms with Gasteiger partial charge in [-0.15, -0.1) is 0 Å². The fourth-order valence-corrected chi connectivity index (χ4v) is 4.63. The van der Waals surface area contributed by atoms with Crippen LogP contribution in [0.1, 0.15) is 51.0 Å². The molecule has 5 heteroatoms. The molecule has 1 saturated heterocycles. The average Bonchev–Trinajstić information content (AvgIpc) is 3.25. The molecule has 1 N–H and O–H groups in total. The Balaban J connectivity index is 1.50. The molecule has 2 aromatic rings. The molecule has 0 aliphatic carbocycles. The molecule has 1 fully saturated rings. The predicted molar refractivity (Wildman–Crippen MR) is 128 cm³/mol. The molecule has 5 nitrogen and oxygen atoms in total. The maximum atomic E-state index is 11.8. The largest absolute Gasteiger partial charge is 0.491 e. The van der Waals surface area contributed by atoms with E-state index in [0.717, 1.165) is 67.0 Å². The van der Waals surface area contributed by atoms with E-state index in [1.165, 1.54) is 6.42 Å². The van der Waals surface area contributed by atoms with E-state index in [1.807, 2.05) is 18.2 Å². The molecular formula is C27H33NO4. The van der Waals surface area contributed by atoms with Crippen molar-refractivity contribution in [1.82, 2.24) is 0 Å². The van der Waals surface area contributed by atoms with Crippen molar-refractivity contribution in [1.29, 1.82) is 0 Å². The number of hydrogen-bond donors (Lipinski definition) is 1. The van der Waals surface area contributed by atoms with Gasteiger partial charge in [0.2, 0.25) is 0 Å². The molecule has 2 aliphatic heterocycles. The number of carboxylic acids is 1. The molecule has 0 radical (unpaired) electrons. The number of hydrogen-bond acceptors (Lipinski definition) is 4. The molecule has 1 unspecified atom stereocenters. The second-order valence-electron chi connectivity index (χ2n) is 8.62. The maximum Gasteiger partial charge on any atom is 0.331 e. The van der Waals surface area contributed by atoms with Crippen molar-refractivity contribution in [2.75, 3.05) is 31.3 Å². The van der Waals surface area contributed by atoms with Crippen molar-refractivity contribution in [3.63, 3.8) is 0 Å². The van der Waals surface area contributed by atoms with Gasteiger partial charge in [-0.3, -0.25) is 0 Å². The van der Waals surface area contributed by atoms with Gasteiger partial charge in [-0.25, -0.2) is 4.79 Å². The van der Waals surface area contributed by atoms with Crippen LogP contribution >= 0.6 is 0 Å². The fraction of sp³-hybridized carbons (Fsp3) is 0.444. The van der Waals surface area contributed by atoms with Crippen molar-refractivity contribution in [3.05, 3.63) is 53.6 Å². The Labute approximate surface area is 190 Å². The molecule has 2 aromatic carbocycles. The van der Waals surface area contributed by atoms with Crippen molar-refractivity contribution in [2.45, 2.75) is 51.5 Å². The van der Waals surface area contributed by atoms with Crippen molar-refractivity contribution in [2.24, 2.45) is 0 Å². The molecular weight excluding hydrogens is 402 g/mol.